The van der Waals surface area contributed by atoms with Gasteiger partial charge in [-0.15, -0.1) is 0 Å². The van der Waals surface area contributed by atoms with Crippen LogP contribution in [0.5, 0.6) is 0 Å². The maximum Gasteiger partial charge on any atom is 0.229 e. The van der Waals surface area contributed by atoms with Crippen molar-refractivity contribution >= 4 is 95.6 Å². The fraction of sp³-hybridized carbons (Fsp3) is 0.355. The molecule has 0 unspecified atom stereocenters. The van der Waals surface area contributed by atoms with Crippen molar-refractivity contribution in [3.8, 4) is 0 Å². The van der Waals surface area contributed by atoms with Crippen LogP contribution in [-0.4, -0.2) is 84.1 Å². The van der Waals surface area contributed by atoms with Crippen molar-refractivity contribution < 1.29 is 8.78 Å². The van der Waals surface area contributed by atoms with E-state index >= 15 is 0 Å². The summed E-state index contributed by atoms with van der Waals surface area (Å²) in [6, 6.07) is 8.43. The molecule has 264 valence electrons. The second-order valence-electron chi connectivity index (χ2n) is 10.3. The summed E-state index contributed by atoms with van der Waals surface area (Å²) in [6.45, 7) is 3.71. The molecule has 0 saturated carbocycles. The average Bonchev–Trinajstić information content (AvgIpc) is 3.01. The van der Waals surface area contributed by atoms with Crippen LogP contribution in [0.4, 0.5) is 37.7 Å². The Kier molecular flexibility index (Phi) is 20.7. The van der Waals surface area contributed by atoms with Crippen LogP contribution in [0, 0.1) is 11.6 Å². The van der Waals surface area contributed by atoms with E-state index in [-0.39, 0.29) is 22.8 Å². The van der Waals surface area contributed by atoms with E-state index in [4.69, 9.17) is 40.5 Å². The van der Waals surface area contributed by atoms with Gasteiger partial charge >= 0.3 is 0 Å². The largest absolute Gasteiger partial charge is 0.399 e. The molecule has 10 nitrogen and oxygen atoms in total. The first-order valence-corrected chi connectivity index (χ1v) is 16.9. The van der Waals surface area contributed by atoms with Crippen molar-refractivity contribution in [2.75, 3.05) is 76.1 Å². The molecule has 0 aliphatic rings. The van der Waals surface area contributed by atoms with Gasteiger partial charge in [0.15, 0.2) is 0 Å². The van der Waals surface area contributed by atoms with Crippen molar-refractivity contribution in [1.82, 2.24) is 29.7 Å². The molecule has 0 fully saturated rings. The van der Waals surface area contributed by atoms with E-state index in [1.807, 2.05) is 14.1 Å². The Morgan fingerprint density at radius 1 is 0.750 bits per heavy atom. The van der Waals surface area contributed by atoms with Gasteiger partial charge in [-0.2, -0.15) is 9.97 Å². The van der Waals surface area contributed by atoms with Crippen LogP contribution in [0.3, 0.4) is 0 Å². The third-order valence-electron chi connectivity index (χ3n) is 5.73. The van der Waals surface area contributed by atoms with Crippen LogP contribution in [0.15, 0.2) is 57.7 Å². The number of nitrogens with zero attached hydrogens (tertiary/aromatic N) is 6. The molecular weight excluding hydrogens is 817 g/mol. The van der Waals surface area contributed by atoms with E-state index in [0.717, 1.165) is 53.8 Å². The lowest BCUT2D eigenvalue weighted by atomic mass is 10.3. The first kappa shape index (κ1) is 43.4. The predicted octanol–water partition coefficient (Wildman–Crippen LogP) is 9.09. The zero-order valence-electron chi connectivity index (χ0n) is 26.3. The number of anilines is 5. The molecule has 0 aliphatic carbocycles. The molecule has 48 heavy (non-hydrogen) atoms. The molecule has 4 rings (SSSR count). The summed E-state index contributed by atoms with van der Waals surface area (Å²) in [5.41, 5.74) is 6.37. The molecule has 2 aromatic heterocycles. The minimum Gasteiger partial charge on any atom is -0.399 e. The zero-order valence-corrected chi connectivity index (χ0v) is 31.7. The number of hydrogen-bond acceptors (Lipinski definition) is 10. The number of nitrogens with one attached hydrogen (secondary N) is 3. The normalized spacial score (nSPS) is 10.4. The van der Waals surface area contributed by atoms with Gasteiger partial charge in [-0.1, -0.05) is 30.6 Å². The van der Waals surface area contributed by atoms with Crippen molar-refractivity contribution in [2.24, 2.45) is 0 Å². The van der Waals surface area contributed by atoms with Crippen LogP contribution in [-0.2, 0) is 0 Å². The van der Waals surface area contributed by atoms with E-state index in [2.05, 4.69) is 91.6 Å². The average molecular weight is 858 g/mol. The van der Waals surface area contributed by atoms with Crippen molar-refractivity contribution in [1.29, 1.82) is 0 Å². The molecule has 4 aromatic rings. The number of rotatable bonds is 12. The number of benzene rings is 2. The molecule has 0 saturated heterocycles. The fourth-order valence-electron chi connectivity index (χ4n) is 3.44. The van der Waals surface area contributed by atoms with Gasteiger partial charge < -0.3 is 31.5 Å². The second-order valence-corrected chi connectivity index (χ2v) is 13.2. The van der Waals surface area contributed by atoms with Gasteiger partial charge in [-0.3, -0.25) is 0 Å². The molecule has 17 heteroatoms. The molecule has 0 bridgehead atoms. The minimum atomic E-state index is -0.461. The lowest BCUT2D eigenvalue weighted by Gasteiger charge is -2.12. The summed E-state index contributed by atoms with van der Waals surface area (Å²) in [5.74, 6) is 0.956. The van der Waals surface area contributed by atoms with Crippen LogP contribution in [0.2, 0.25) is 15.3 Å². The monoisotopic (exact) mass is 854 g/mol. The van der Waals surface area contributed by atoms with Gasteiger partial charge in [0.05, 0.1) is 19.0 Å². The molecule has 5 N–H and O–H groups in total. The van der Waals surface area contributed by atoms with E-state index in [9.17, 15) is 8.78 Å². The Morgan fingerprint density at radius 3 is 1.75 bits per heavy atom. The maximum absolute atomic E-state index is 13.2. The lowest BCUT2D eigenvalue weighted by molar-refractivity contribution is 0.405. The Bertz CT molecular complexity index is 1550. The molecule has 0 spiro atoms. The highest BCUT2D eigenvalue weighted by atomic mass is 79.9. The number of halogens is 7. The Labute approximate surface area is 313 Å². The van der Waals surface area contributed by atoms with Gasteiger partial charge in [0.25, 0.3) is 0 Å². The molecule has 0 atom stereocenters. The van der Waals surface area contributed by atoms with Crippen molar-refractivity contribution in [3.63, 3.8) is 0 Å². The van der Waals surface area contributed by atoms with Crippen LogP contribution < -0.4 is 21.7 Å². The first-order valence-electron chi connectivity index (χ1n) is 14.2. The maximum atomic E-state index is 13.2. The standard InChI is InChI=1S/C15H18BrClFN5.C9H14BrClN4.C6H5ClFN.CH4/c1-23(2)7-3-6-19-14-11(16)9-20-15(22-14)21-10-4-5-13(18)12(17)8-10;1-15(2)5-3-4-12-8-7(10)6-13-9(11)14-8;7-5-3-4(9)1-2-6(5)8;/h4-5,8-9H,3,6-7H2,1-2H3,(H2,19,20,21,22);6H,3-5H2,1-2H3,(H,12,13,14);1-3H,9H2;1H4. The molecule has 0 radical (unpaired) electrons. The van der Waals surface area contributed by atoms with E-state index in [1.54, 1.807) is 18.5 Å². The third-order valence-corrected chi connectivity index (χ3v) is 7.65. The van der Waals surface area contributed by atoms with Gasteiger partial charge in [0, 0.05) is 36.9 Å². The Balaban J connectivity index is 0.000000395. The summed E-state index contributed by atoms with van der Waals surface area (Å²) in [6.07, 6.45) is 5.36. The number of aromatic nitrogens is 4. The summed E-state index contributed by atoms with van der Waals surface area (Å²) in [5, 5.41) is 9.84. The molecule has 0 aliphatic heterocycles. The SMILES string of the molecule is C.CN(C)CCCNc1nc(Cl)ncc1Br.CN(C)CCCNc1nc(Nc2ccc(F)c(Cl)c2)ncc1Br.Nc1ccc(F)c(Cl)c1. The molecule has 2 aromatic carbocycles. The van der Waals surface area contributed by atoms with Crippen LogP contribution >= 0.6 is 66.7 Å². The van der Waals surface area contributed by atoms with E-state index in [1.165, 1.54) is 30.3 Å². The van der Waals surface area contributed by atoms with Gasteiger partial charge in [0.2, 0.25) is 11.2 Å². The van der Waals surface area contributed by atoms with Gasteiger partial charge in [-0.25, -0.2) is 18.7 Å². The third kappa shape index (κ3) is 17.2. The van der Waals surface area contributed by atoms with Crippen molar-refractivity contribution in [3.05, 3.63) is 84.7 Å². The smallest absolute Gasteiger partial charge is 0.229 e. The van der Waals surface area contributed by atoms with Crippen LogP contribution in [0.25, 0.3) is 0 Å². The first-order chi connectivity index (χ1) is 22.2. The highest BCUT2D eigenvalue weighted by Gasteiger charge is 2.07. The van der Waals surface area contributed by atoms with Crippen LogP contribution in [0.1, 0.15) is 20.3 Å². The van der Waals surface area contributed by atoms with Gasteiger partial charge in [0.1, 0.15) is 23.3 Å². The summed E-state index contributed by atoms with van der Waals surface area (Å²) < 4.78 is 27.1. The number of hydrogen-bond donors (Lipinski definition) is 4. The minimum absolute atomic E-state index is 0. The second kappa shape index (κ2) is 22.9. The zero-order chi connectivity index (χ0) is 34.9. The summed E-state index contributed by atoms with van der Waals surface area (Å²) >= 11 is 23.6. The highest BCUT2D eigenvalue weighted by molar-refractivity contribution is 9.11. The number of nitrogen functional groups attached to an aromatic ring is 1. The van der Waals surface area contributed by atoms with Crippen molar-refractivity contribution in [2.45, 2.75) is 20.3 Å². The fourth-order valence-corrected chi connectivity index (χ4v) is 4.61. The summed E-state index contributed by atoms with van der Waals surface area (Å²) in [4.78, 5) is 20.8. The molecular formula is C31H41Br2Cl3F2N10. The van der Waals surface area contributed by atoms with E-state index in [0.29, 0.717) is 23.1 Å². The topological polar surface area (TPSA) is 120 Å². The quantitative estimate of drug-likeness (QED) is 0.0624. The molecule has 0 amide bonds. The lowest BCUT2D eigenvalue weighted by Crippen LogP contribution is -2.17. The molecule has 2 heterocycles. The Morgan fingerprint density at radius 2 is 1.25 bits per heavy atom. The predicted molar refractivity (Wildman–Crippen MR) is 205 cm³/mol. The Hall–Kier alpha value is -2.59. The number of nitrogens with two attached hydrogens (primary N) is 1. The highest BCUT2D eigenvalue weighted by Crippen LogP contribution is 2.24. The summed E-state index contributed by atoms with van der Waals surface area (Å²) in [7, 11) is 8.18. The van der Waals surface area contributed by atoms with Gasteiger partial charge in [-0.05, 0) is 134 Å². The van der Waals surface area contributed by atoms with E-state index < -0.39 is 11.6 Å².